The summed E-state index contributed by atoms with van der Waals surface area (Å²) in [7, 11) is 0. The number of ketones is 1. The van der Waals surface area contributed by atoms with Crippen molar-refractivity contribution >= 4 is 23.6 Å². The summed E-state index contributed by atoms with van der Waals surface area (Å²) in [5, 5.41) is 0. The summed E-state index contributed by atoms with van der Waals surface area (Å²) in [6.07, 6.45) is 3.10. The van der Waals surface area contributed by atoms with Crippen molar-refractivity contribution in [3.63, 3.8) is 0 Å². The number of rotatable bonds is 0. The Morgan fingerprint density at radius 1 is 1.42 bits per heavy atom. The SMILES string of the molecule is Nc1ncnc2c1C(=O)CC=N2. The third-order valence-electron chi connectivity index (χ3n) is 1.63. The zero-order chi connectivity index (χ0) is 8.55. The molecule has 0 spiro atoms. The molecule has 1 aliphatic heterocycles. The Balaban J connectivity index is 2.70. The van der Waals surface area contributed by atoms with E-state index < -0.39 is 0 Å². The molecule has 2 rings (SSSR count). The second kappa shape index (κ2) is 2.37. The van der Waals surface area contributed by atoms with Crippen molar-refractivity contribution < 1.29 is 4.79 Å². The number of hydrogen-bond acceptors (Lipinski definition) is 5. The number of aliphatic imine (C=N–C) groups is 1. The van der Waals surface area contributed by atoms with Gasteiger partial charge in [0.15, 0.2) is 11.6 Å². The average molecular weight is 162 g/mol. The number of carbonyl (C=O) groups excluding carboxylic acids is 1. The number of nitrogens with two attached hydrogens (primary N) is 1. The molecule has 1 aromatic rings. The van der Waals surface area contributed by atoms with E-state index in [-0.39, 0.29) is 18.0 Å². The molecule has 60 valence electrons. The van der Waals surface area contributed by atoms with Crippen LogP contribution in [0.4, 0.5) is 11.6 Å². The summed E-state index contributed by atoms with van der Waals surface area (Å²) in [6, 6.07) is 0. The fourth-order valence-electron chi connectivity index (χ4n) is 1.07. The number of aromatic nitrogens is 2. The van der Waals surface area contributed by atoms with Gasteiger partial charge in [-0.1, -0.05) is 0 Å². The van der Waals surface area contributed by atoms with Crippen molar-refractivity contribution in [1.29, 1.82) is 0 Å². The fourth-order valence-corrected chi connectivity index (χ4v) is 1.07. The van der Waals surface area contributed by atoms with Crippen molar-refractivity contribution in [2.75, 3.05) is 5.73 Å². The van der Waals surface area contributed by atoms with Gasteiger partial charge in [0.2, 0.25) is 0 Å². The number of nitrogens with zero attached hydrogens (tertiary/aromatic N) is 3. The molecule has 0 atom stereocenters. The predicted molar refractivity (Wildman–Crippen MR) is 43.5 cm³/mol. The number of anilines is 1. The van der Waals surface area contributed by atoms with Gasteiger partial charge in [0.25, 0.3) is 0 Å². The Hall–Kier alpha value is -1.78. The third kappa shape index (κ3) is 0.868. The van der Waals surface area contributed by atoms with E-state index in [0.29, 0.717) is 11.4 Å². The van der Waals surface area contributed by atoms with Crippen molar-refractivity contribution in [1.82, 2.24) is 9.97 Å². The molecule has 0 saturated heterocycles. The molecule has 0 unspecified atom stereocenters. The molecule has 1 aliphatic rings. The molecule has 0 saturated carbocycles. The van der Waals surface area contributed by atoms with E-state index in [1.165, 1.54) is 12.5 Å². The lowest BCUT2D eigenvalue weighted by Crippen LogP contribution is -2.10. The van der Waals surface area contributed by atoms with Gasteiger partial charge in [-0.05, 0) is 0 Å². The normalized spacial score (nSPS) is 14.5. The summed E-state index contributed by atoms with van der Waals surface area (Å²) < 4.78 is 0. The maximum absolute atomic E-state index is 11.3. The van der Waals surface area contributed by atoms with Crippen LogP contribution in [-0.2, 0) is 0 Å². The Labute approximate surface area is 68.4 Å². The summed E-state index contributed by atoms with van der Waals surface area (Å²) >= 11 is 0. The summed E-state index contributed by atoms with van der Waals surface area (Å²) in [4.78, 5) is 22.7. The first kappa shape index (κ1) is 6.90. The summed E-state index contributed by atoms with van der Waals surface area (Å²) in [5.74, 6) is 0.513. The van der Waals surface area contributed by atoms with Crippen molar-refractivity contribution in [2.45, 2.75) is 6.42 Å². The number of hydrogen-bond donors (Lipinski definition) is 1. The number of carbonyl (C=O) groups is 1. The van der Waals surface area contributed by atoms with Gasteiger partial charge in [-0.25, -0.2) is 15.0 Å². The van der Waals surface area contributed by atoms with Crippen LogP contribution in [0.2, 0.25) is 0 Å². The first-order valence-corrected chi connectivity index (χ1v) is 3.45. The Kier molecular flexibility index (Phi) is 1.36. The minimum atomic E-state index is -0.0712. The molecule has 5 nitrogen and oxygen atoms in total. The fraction of sp³-hybridized carbons (Fsp3) is 0.143. The molecule has 0 aliphatic carbocycles. The van der Waals surface area contributed by atoms with Gasteiger partial charge in [-0.3, -0.25) is 4.79 Å². The predicted octanol–water partition coefficient (Wildman–Crippen LogP) is 0.348. The molecular weight excluding hydrogens is 156 g/mol. The highest BCUT2D eigenvalue weighted by molar-refractivity contribution is 6.11. The van der Waals surface area contributed by atoms with Crippen LogP contribution in [0.1, 0.15) is 16.8 Å². The van der Waals surface area contributed by atoms with Gasteiger partial charge in [-0.2, -0.15) is 0 Å². The van der Waals surface area contributed by atoms with E-state index in [0.717, 1.165) is 0 Å². The minimum Gasteiger partial charge on any atom is -0.383 e. The third-order valence-corrected chi connectivity index (χ3v) is 1.63. The highest BCUT2D eigenvalue weighted by Gasteiger charge is 2.18. The molecule has 0 bridgehead atoms. The van der Waals surface area contributed by atoms with E-state index in [2.05, 4.69) is 15.0 Å². The molecular formula is C7H6N4O. The maximum Gasteiger partial charge on any atom is 0.175 e. The van der Waals surface area contributed by atoms with Crippen LogP contribution in [0.25, 0.3) is 0 Å². The lowest BCUT2D eigenvalue weighted by molar-refractivity contribution is 0.100. The maximum atomic E-state index is 11.3. The molecule has 0 amide bonds. The first-order valence-electron chi connectivity index (χ1n) is 3.45. The van der Waals surface area contributed by atoms with Gasteiger partial charge in [0.05, 0.1) is 0 Å². The van der Waals surface area contributed by atoms with Gasteiger partial charge in [0.1, 0.15) is 17.7 Å². The highest BCUT2D eigenvalue weighted by Crippen LogP contribution is 2.23. The van der Waals surface area contributed by atoms with E-state index in [1.54, 1.807) is 0 Å². The minimum absolute atomic E-state index is 0.0712. The summed E-state index contributed by atoms with van der Waals surface area (Å²) in [5.41, 5.74) is 5.83. The van der Waals surface area contributed by atoms with Crippen LogP contribution in [0, 0.1) is 0 Å². The summed E-state index contributed by atoms with van der Waals surface area (Å²) in [6.45, 7) is 0. The zero-order valence-corrected chi connectivity index (χ0v) is 6.19. The van der Waals surface area contributed by atoms with Crippen LogP contribution in [0.15, 0.2) is 11.3 Å². The van der Waals surface area contributed by atoms with Crippen LogP contribution in [0.3, 0.4) is 0 Å². The first-order chi connectivity index (χ1) is 5.79. The second-order valence-electron chi connectivity index (χ2n) is 2.40. The highest BCUT2D eigenvalue weighted by atomic mass is 16.1. The second-order valence-corrected chi connectivity index (χ2v) is 2.40. The van der Waals surface area contributed by atoms with Crippen LogP contribution >= 0.6 is 0 Å². The van der Waals surface area contributed by atoms with E-state index in [1.807, 2.05) is 0 Å². The quantitative estimate of drug-likeness (QED) is 0.596. The molecule has 1 aromatic heterocycles. The molecule has 0 fully saturated rings. The molecule has 0 aromatic carbocycles. The molecule has 0 radical (unpaired) electrons. The molecule has 2 N–H and O–H groups in total. The number of nitrogen functional groups attached to an aromatic ring is 1. The lowest BCUT2D eigenvalue weighted by atomic mass is 10.1. The van der Waals surface area contributed by atoms with Crippen molar-refractivity contribution in [3.05, 3.63) is 11.9 Å². The number of fused-ring (bicyclic) bond motifs is 1. The van der Waals surface area contributed by atoms with Crippen LogP contribution < -0.4 is 5.73 Å². The Morgan fingerprint density at radius 2 is 2.25 bits per heavy atom. The smallest absolute Gasteiger partial charge is 0.175 e. The van der Waals surface area contributed by atoms with E-state index >= 15 is 0 Å². The Morgan fingerprint density at radius 3 is 3.00 bits per heavy atom. The zero-order valence-electron chi connectivity index (χ0n) is 6.19. The topological polar surface area (TPSA) is 81.2 Å². The van der Waals surface area contributed by atoms with E-state index in [9.17, 15) is 4.79 Å². The number of Topliss-reactive ketones (excluding diaryl/α,β-unsaturated/α-hetero) is 1. The molecule has 12 heavy (non-hydrogen) atoms. The Bertz CT molecular complexity index is 372. The molecule has 5 heteroatoms. The average Bonchev–Trinajstić information content (AvgIpc) is 2.04. The lowest BCUT2D eigenvalue weighted by Gasteiger charge is -2.07. The van der Waals surface area contributed by atoms with Crippen LogP contribution in [0.5, 0.6) is 0 Å². The molecule has 2 heterocycles. The largest absolute Gasteiger partial charge is 0.383 e. The van der Waals surface area contributed by atoms with Gasteiger partial charge >= 0.3 is 0 Å². The monoisotopic (exact) mass is 162 g/mol. The standard InChI is InChI=1S/C7H6N4O/c8-6-5-4(12)1-2-9-7(5)11-3-10-6/h2-3H,1H2,(H2,8,10,11). The van der Waals surface area contributed by atoms with Gasteiger partial charge in [-0.15, -0.1) is 0 Å². The van der Waals surface area contributed by atoms with Crippen molar-refractivity contribution in [3.8, 4) is 0 Å². The van der Waals surface area contributed by atoms with Crippen LogP contribution in [-0.4, -0.2) is 22.0 Å². The van der Waals surface area contributed by atoms with Gasteiger partial charge < -0.3 is 5.73 Å². The van der Waals surface area contributed by atoms with Gasteiger partial charge in [0, 0.05) is 12.6 Å². The van der Waals surface area contributed by atoms with E-state index in [4.69, 9.17) is 5.73 Å². The van der Waals surface area contributed by atoms with Crippen molar-refractivity contribution in [2.24, 2.45) is 4.99 Å².